The first-order valence-corrected chi connectivity index (χ1v) is 11.9. The molecule has 1 N–H and O–H groups in total. The van der Waals surface area contributed by atoms with E-state index in [0.717, 1.165) is 46.9 Å². The zero-order valence-corrected chi connectivity index (χ0v) is 19.5. The van der Waals surface area contributed by atoms with Crippen molar-refractivity contribution in [3.63, 3.8) is 0 Å². The van der Waals surface area contributed by atoms with Gasteiger partial charge in [-0.1, -0.05) is 12.1 Å². The predicted octanol–water partition coefficient (Wildman–Crippen LogP) is 5.00. The van der Waals surface area contributed by atoms with Gasteiger partial charge in [-0.3, -0.25) is 9.69 Å². The Morgan fingerprint density at radius 1 is 1.30 bits per heavy atom. The minimum absolute atomic E-state index is 0.127. The summed E-state index contributed by atoms with van der Waals surface area (Å²) in [6.45, 7) is 5.43. The maximum atomic E-state index is 13.1. The molecule has 0 bridgehead atoms. The number of para-hydroxylation sites is 1. The van der Waals surface area contributed by atoms with Crippen molar-refractivity contribution in [2.45, 2.75) is 39.3 Å². The van der Waals surface area contributed by atoms with Gasteiger partial charge in [-0.2, -0.15) is 5.26 Å². The third kappa shape index (κ3) is 4.06. The van der Waals surface area contributed by atoms with Gasteiger partial charge >= 0.3 is 0 Å². The van der Waals surface area contributed by atoms with Crippen LogP contribution in [-0.4, -0.2) is 33.4 Å². The van der Waals surface area contributed by atoms with E-state index in [2.05, 4.69) is 22.4 Å². The van der Waals surface area contributed by atoms with E-state index in [1.807, 2.05) is 48.7 Å². The average Bonchev–Trinajstić information content (AvgIpc) is 3.59. The van der Waals surface area contributed by atoms with Crippen LogP contribution in [0, 0.1) is 25.2 Å². The Balaban J connectivity index is 1.36. The van der Waals surface area contributed by atoms with Crippen molar-refractivity contribution in [2.75, 3.05) is 18.4 Å². The number of carbonyl (C=O) groups is 1. The number of nitrogens with one attached hydrogen (secondary N) is 1. The first kappa shape index (κ1) is 21.4. The predicted molar refractivity (Wildman–Crippen MR) is 128 cm³/mol. The van der Waals surface area contributed by atoms with Gasteiger partial charge in [0.1, 0.15) is 22.7 Å². The Kier molecular flexibility index (Phi) is 5.75. The van der Waals surface area contributed by atoms with Crippen molar-refractivity contribution in [1.82, 2.24) is 14.5 Å². The topological polar surface area (TPSA) is 87.1 Å². The van der Waals surface area contributed by atoms with Gasteiger partial charge in [-0.15, -0.1) is 11.3 Å². The number of rotatable bonds is 6. The SMILES string of the molecule is Cc1c(C#N)c(NC(=O)CN2CCC[C@H]2c2nc3ccccc3s2)n(Cc2ccco2)c1C. The second kappa shape index (κ2) is 8.85. The first-order valence-electron chi connectivity index (χ1n) is 11.1. The monoisotopic (exact) mass is 459 g/mol. The van der Waals surface area contributed by atoms with Gasteiger partial charge in [0.2, 0.25) is 5.91 Å². The quantitative estimate of drug-likeness (QED) is 0.438. The number of fused-ring (bicyclic) bond motifs is 1. The number of anilines is 1. The summed E-state index contributed by atoms with van der Waals surface area (Å²) in [7, 11) is 0. The van der Waals surface area contributed by atoms with Crippen LogP contribution >= 0.6 is 11.3 Å². The van der Waals surface area contributed by atoms with Crippen LogP contribution in [0.2, 0.25) is 0 Å². The highest BCUT2D eigenvalue weighted by Gasteiger charge is 2.31. The fourth-order valence-corrected chi connectivity index (χ4v) is 5.71. The van der Waals surface area contributed by atoms with E-state index in [1.165, 1.54) is 4.70 Å². The summed E-state index contributed by atoms with van der Waals surface area (Å²) in [5.41, 5.74) is 3.31. The van der Waals surface area contributed by atoms with Crippen LogP contribution in [0.25, 0.3) is 10.2 Å². The molecule has 1 aliphatic rings. The fourth-order valence-electron chi connectivity index (χ4n) is 4.57. The molecule has 1 atom stereocenters. The van der Waals surface area contributed by atoms with Gasteiger partial charge in [-0.05, 0) is 63.1 Å². The van der Waals surface area contributed by atoms with E-state index in [9.17, 15) is 10.1 Å². The average molecular weight is 460 g/mol. The largest absolute Gasteiger partial charge is 0.467 e. The molecule has 1 amide bonds. The van der Waals surface area contributed by atoms with Crippen LogP contribution in [0.1, 0.15) is 46.5 Å². The van der Waals surface area contributed by atoms with Gasteiger partial charge in [0.05, 0.1) is 41.2 Å². The molecule has 8 heteroatoms. The number of furan rings is 1. The first-order chi connectivity index (χ1) is 16.0. The molecule has 0 radical (unpaired) electrons. The third-order valence-electron chi connectivity index (χ3n) is 6.40. The number of amides is 1. The molecule has 33 heavy (non-hydrogen) atoms. The number of thiazole rings is 1. The van der Waals surface area contributed by atoms with E-state index in [4.69, 9.17) is 9.40 Å². The summed E-state index contributed by atoms with van der Waals surface area (Å²) in [4.78, 5) is 20.2. The van der Waals surface area contributed by atoms with Crippen molar-refractivity contribution in [3.05, 3.63) is 70.3 Å². The molecule has 0 spiro atoms. The number of aromatic nitrogens is 2. The molecule has 0 saturated carbocycles. The molecule has 0 unspecified atom stereocenters. The standard InChI is InChI=1S/C25H25N5O2S/c1-16-17(2)30(14-18-7-6-12-32-18)24(19(16)13-26)28-23(31)15-29-11-5-9-21(29)25-27-20-8-3-4-10-22(20)33-25/h3-4,6-8,10,12,21H,5,9,11,14-15H2,1-2H3,(H,28,31)/t21-/m0/s1. The minimum Gasteiger partial charge on any atom is -0.467 e. The second-order valence-electron chi connectivity index (χ2n) is 8.41. The van der Waals surface area contributed by atoms with E-state index in [1.54, 1.807) is 17.6 Å². The third-order valence-corrected chi connectivity index (χ3v) is 7.54. The maximum absolute atomic E-state index is 13.1. The van der Waals surface area contributed by atoms with Crippen molar-refractivity contribution in [3.8, 4) is 6.07 Å². The van der Waals surface area contributed by atoms with E-state index < -0.39 is 0 Å². The molecular weight excluding hydrogens is 434 g/mol. The Morgan fingerprint density at radius 2 is 2.15 bits per heavy atom. The summed E-state index contributed by atoms with van der Waals surface area (Å²) in [5.74, 6) is 1.17. The van der Waals surface area contributed by atoms with Crippen LogP contribution < -0.4 is 5.32 Å². The molecule has 1 aliphatic heterocycles. The van der Waals surface area contributed by atoms with Crippen LogP contribution in [-0.2, 0) is 11.3 Å². The van der Waals surface area contributed by atoms with Crippen LogP contribution in [0.15, 0.2) is 47.1 Å². The van der Waals surface area contributed by atoms with Crippen molar-refractivity contribution in [1.29, 1.82) is 5.26 Å². The smallest absolute Gasteiger partial charge is 0.239 e. The van der Waals surface area contributed by atoms with Gasteiger partial charge in [0, 0.05) is 5.69 Å². The fraction of sp³-hybridized carbons (Fsp3) is 0.320. The van der Waals surface area contributed by atoms with Crippen LogP contribution in [0.4, 0.5) is 5.82 Å². The molecule has 1 fully saturated rings. The summed E-state index contributed by atoms with van der Waals surface area (Å²) in [5, 5.41) is 13.9. The Hall–Kier alpha value is -3.41. The lowest BCUT2D eigenvalue weighted by Gasteiger charge is -2.22. The molecule has 5 rings (SSSR count). The number of hydrogen-bond acceptors (Lipinski definition) is 6. The lowest BCUT2D eigenvalue weighted by molar-refractivity contribution is -0.117. The molecule has 3 aromatic heterocycles. The van der Waals surface area contributed by atoms with E-state index in [-0.39, 0.29) is 18.5 Å². The normalized spacial score (nSPS) is 16.3. The summed E-state index contributed by atoms with van der Waals surface area (Å²) in [6.07, 6.45) is 3.65. The highest BCUT2D eigenvalue weighted by molar-refractivity contribution is 7.18. The van der Waals surface area contributed by atoms with Crippen LogP contribution in [0.5, 0.6) is 0 Å². The van der Waals surface area contributed by atoms with Crippen molar-refractivity contribution < 1.29 is 9.21 Å². The van der Waals surface area contributed by atoms with Crippen molar-refractivity contribution in [2.24, 2.45) is 0 Å². The van der Waals surface area contributed by atoms with Gasteiger partial charge in [0.15, 0.2) is 0 Å². The van der Waals surface area contributed by atoms with Gasteiger partial charge < -0.3 is 14.3 Å². The zero-order valence-electron chi connectivity index (χ0n) is 18.7. The highest BCUT2D eigenvalue weighted by Crippen LogP contribution is 2.36. The Labute approximate surface area is 196 Å². The van der Waals surface area contributed by atoms with Gasteiger partial charge in [-0.25, -0.2) is 4.98 Å². The Bertz CT molecular complexity index is 1310. The van der Waals surface area contributed by atoms with Crippen molar-refractivity contribution >= 4 is 33.3 Å². The molecular formula is C25H25N5O2S. The van der Waals surface area contributed by atoms with Crippen LogP contribution in [0.3, 0.4) is 0 Å². The van der Waals surface area contributed by atoms with E-state index >= 15 is 0 Å². The lowest BCUT2D eigenvalue weighted by atomic mass is 10.2. The molecule has 7 nitrogen and oxygen atoms in total. The molecule has 4 aromatic rings. The maximum Gasteiger partial charge on any atom is 0.239 e. The molecule has 1 aromatic carbocycles. The lowest BCUT2D eigenvalue weighted by Crippen LogP contribution is -2.33. The van der Waals surface area contributed by atoms with Gasteiger partial charge in [0.25, 0.3) is 0 Å². The minimum atomic E-state index is -0.127. The summed E-state index contributed by atoms with van der Waals surface area (Å²) >= 11 is 1.70. The number of carbonyl (C=O) groups excluding carboxylic acids is 1. The second-order valence-corrected chi connectivity index (χ2v) is 9.47. The highest BCUT2D eigenvalue weighted by atomic mass is 32.1. The molecule has 4 heterocycles. The number of benzene rings is 1. The molecule has 1 saturated heterocycles. The number of nitrogens with zero attached hydrogens (tertiary/aromatic N) is 4. The number of hydrogen-bond donors (Lipinski definition) is 1. The number of likely N-dealkylation sites (tertiary alicyclic amines) is 1. The zero-order chi connectivity index (χ0) is 22.9. The number of nitriles is 1. The summed E-state index contributed by atoms with van der Waals surface area (Å²) < 4.78 is 8.61. The van der Waals surface area contributed by atoms with E-state index in [0.29, 0.717) is 17.9 Å². The summed E-state index contributed by atoms with van der Waals surface area (Å²) in [6, 6.07) is 14.3. The Morgan fingerprint density at radius 3 is 2.91 bits per heavy atom. The molecule has 0 aliphatic carbocycles. The molecule has 168 valence electrons.